The first kappa shape index (κ1) is 36.4. The quantitative estimate of drug-likeness (QED) is 0.123. The molecule has 44 heavy (non-hydrogen) atoms. The van der Waals surface area contributed by atoms with Crippen LogP contribution in [0.25, 0.3) is 11.1 Å². The zero-order chi connectivity index (χ0) is 32.8. The molecular formula is C35H30F6O2Zr. The van der Waals surface area contributed by atoms with Crippen LogP contribution >= 0.6 is 0 Å². The molecule has 0 bridgehead atoms. The molecule has 0 saturated heterocycles. The number of rotatable bonds is 0. The van der Waals surface area contributed by atoms with Crippen molar-refractivity contribution in [1.29, 1.82) is 0 Å². The number of phenolic OH excluding ortho intramolecular Hbond substituents is 2. The normalized spacial score (nSPS) is 11.0. The van der Waals surface area contributed by atoms with Gasteiger partial charge in [0.1, 0.15) is 11.5 Å². The molecule has 0 heterocycles. The monoisotopic (exact) mass is 686 g/mol. The number of halogens is 6. The van der Waals surface area contributed by atoms with Crippen LogP contribution in [0.15, 0.2) is 121 Å². The summed E-state index contributed by atoms with van der Waals surface area (Å²) < 4.78 is 72.5. The Morgan fingerprint density at radius 1 is 0.659 bits per heavy atom. The number of fused-ring (bicyclic) bond motifs is 3. The average Bonchev–Trinajstić information content (AvgIpc) is 3.65. The molecule has 0 fully saturated rings. The Balaban J connectivity index is 0.000000203. The van der Waals surface area contributed by atoms with Crippen molar-refractivity contribution in [2.45, 2.75) is 32.6 Å². The van der Waals surface area contributed by atoms with Crippen LogP contribution in [0.2, 0.25) is 0 Å². The van der Waals surface area contributed by atoms with Gasteiger partial charge in [-0.25, -0.2) is 12.1 Å². The molecule has 9 heteroatoms. The first-order chi connectivity index (χ1) is 20.7. The van der Waals surface area contributed by atoms with Crippen LogP contribution in [0, 0.1) is 6.07 Å². The summed E-state index contributed by atoms with van der Waals surface area (Å²) >= 11 is 1.55. The summed E-state index contributed by atoms with van der Waals surface area (Å²) in [4.78, 5) is 0. The SMILES string of the molecule is C[C](C)=[Zr+2].Oc1ccc(C(F)(F)F)cc1.Oc1ccc(C(F)(F)F)cc1.[c-]1cccc2c1Cc1ccccc1-2.c1cc[cH-]c1. The maximum atomic E-state index is 11.8. The number of hydrogen-bond donors (Lipinski definition) is 2. The Hall–Kier alpha value is -3.84. The van der Waals surface area contributed by atoms with E-state index in [-0.39, 0.29) is 11.5 Å². The van der Waals surface area contributed by atoms with Crippen molar-refractivity contribution in [3.05, 3.63) is 150 Å². The molecule has 1 aliphatic rings. The van der Waals surface area contributed by atoms with E-state index < -0.39 is 23.5 Å². The summed E-state index contributed by atoms with van der Waals surface area (Å²) in [5.74, 6) is -0.337. The number of alkyl halides is 6. The van der Waals surface area contributed by atoms with E-state index in [1.54, 1.807) is 24.2 Å². The molecule has 6 rings (SSSR count). The van der Waals surface area contributed by atoms with Gasteiger partial charge in [-0.2, -0.15) is 74.4 Å². The molecule has 0 unspecified atom stereocenters. The standard InChI is InChI=1S/C13H9.2C7H5F3O.C5H5.C3H6.Zr/c1-3-7-12-10(5-1)9-11-6-2-4-8-13(11)12;2*8-7(9,10)5-1-3-6(11)4-2-5;1-2-4-5-3-1;1-3-2;/h1-5,7-8H,9H2;2*1-4,11H;1-5H;1-2H3;/q-1;;;-1;;+2. The van der Waals surface area contributed by atoms with Crippen molar-refractivity contribution in [2.24, 2.45) is 0 Å². The molecule has 0 atom stereocenters. The van der Waals surface area contributed by atoms with Crippen molar-refractivity contribution in [2.75, 3.05) is 0 Å². The second kappa shape index (κ2) is 17.5. The zero-order valence-corrected chi connectivity index (χ0v) is 26.4. The minimum Gasteiger partial charge on any atom is -0.508 e. The number of benzene rings is 4. The van der Waals surface area contributed by atoms with Crippen LogP contribution in [0.4, 0.5) is 26.3 Å². The van der Waals surface area contributed by atoms with E-state index in [9.17, 15) is 26.3 Å². The van der Waals surface area contributed by atoms with Crippen molar-refractivity contribution in [1.82, 2.24) is 0 Å². The summed E-state index contributed by atoms with van der Waals surface area (Å²) in [6, 6.07) is 35.4. The first-order valence-electron chi connectivity index (χ1n) is 13.2. The van der Waals surface area contributed by atoms with E-state index in [1.807, 2.05) is 36.4 Å². The second-order valence-electron chi connectivity index (χ2n) is 9.45. The van der Waals surface area contributed by atoms with Gasteiger partial charge in [-0.1, -0.05) is 35.4 Å². The molecule has 2 nitrogen and oxygen atoms in total. The summed E-state index contributed by atoms with van der Waals surface area (Å²) in [6.45, 7) is 4.25. The van der Waals surface area contributed by atoms with Gasteiger partial charge in [-0.3, -0.25) is 0 Å². The molecule has 0 aromatic heterocycles. The van der Waals surface area contributed by atoms with Gasteiger partial charge in [0.15, 0.2) is 0 Å². The van der Waals surface area contributed by atoms with Crippen LogP contribution in [0.1, 0.15) is 36.1 Å². The fourth-order valence-electron chi connectivity index (χ4n) is 3.62. The Kier molecular flexibility index (Phi) is 14.4. The van der Waals surface area contributed by atoms with E-state index in [0.717, 1.165) is 55.0 Å². The Morgan fingerprint density at radius 3 is 1.50 bits per heavy atom. The molecule has 5 aromatic carbocycles. The summed E-state index contributed by atoms with van der Waals surface area (Å²) in [6.07, 6.45) is -7.60. The van der Waals surface area contributed by atoms with Crippen molar-refractivity contribution < 1.29 is 60.8 Å². The summed E-state index contributed by atoms with van der Waals surface area (Å²) in [7, 11) is 0. The number of aromatic hydroxyl groups is 2. The molecule has 0 amide bonds. The van der Waals surface area contributed by atoms with Gasteiger partial charge < -0.3 is 10.2 Å². The minimum atomic E-state index is -4.33. The van der Waals surface area contributed by atoms with Crippen LogP contribution < -0.4 is 0 Å². The van der Waals surface area contributed by atoms with Gasteiger partial charge in [-0.05, 0) is 55.0 Å². The Labute approximate surface area is 268 Å². The maximum absolute atomic E-state index is 11.8. The number of phenols is 2. The Bertz CT molecular complexity index is 1420. The minimum absolute atomic E-state index is 0.169. The molecule has 0 aliphatic heterocycles. The largest absolute Gasteiger partial charge is 0.508 e. The fourth-order valence-corrected chi connectivity index (χ4v) is 3.62. The second-order valence-corrected chi connectivity index (χ2v) is 11.9. The van der Waals surface area contributed by atoms with Gasteiger partial charge in [0, 0.05) is 0 Å². The van der Waals surface area contributed by atoms with Crippen LogP contribution in [0.5, 0.6) is 11.5 Å². The van der Waals surface area contributed by atoms with Crippen LogP contribution in [0.3, 0.4) is 0 Å². The predicted molar refractivity (Wildman–Crippen MR) is 158 cm³/mol. The van der Waals surface area contributed by atoms with E-state index in [1.165, 1.54) is 25.5 Å². The van der Waals surface area contributed by atoms with E-state index in [4.69, 9.17) is 10.2 Å². The molecule has 0 saturated carbocycles. The summed E-state index contributed by atoms with van der Waals surface area (Å²) in [5.41, 5.74) is 4.00. The average molecular weight is 688 g/mol. The molecule has 2 N–H and O–H groups in total. The predicted octanol–water partition coefficient (Wildman–Crippen LogP) is 10.0. The van der Waals surface area contributed by atoms with Gasteiger partial charge in [0.05, 0.1) is 11.1 Å². The smallest absolute Gasteiger partial charge is 0.416 e. The molecule has 0 radical (unpaired) electrons. The fraction of sp³-hybridized carbons (Fsp3) is 0.143. The Morgan fingerprint density at radius 2 is 1.09 bits per heavy atom. The topological polar surface area (TPSA) is 40.5 Å². The van der Waals surface area contributed by atoms with E-state index in [2.05, 4.69) is 56.3 Å². The van der Waals surface area contributed by atoms with Crippen molar-refractivity contribution >= 4 is 3.21 Å². The van der Waals surface area contributed by atoms with Gasteiger partial charge in [0.2, 0.25) is 0 Å². The third-order valence-electron chi connectivity index (χ3n) is 5.56. The van der Waals surface area contributed by atoms with Gasteiger partial charge in [-0.15, -0.1) is 5.56 Å². The van der Waals surface area contributed by atoms with Gasteiger partial charge in [0.25, 0.3) is 0 Å². The van der Waals surface area contributed by atoms with Crippen LogP contribution in [-0.2, 0) is 43.0 Å². The number of hydrogen-bond acceptors (Lipinski definition) is 2. The third-order valence-corrected chi connectivity index (χ3v) is 5.56. The zero-order valence-electron chi connectivity index (χ0n) is 23.9. The van der Waals surface area contributed by atoms with Crippen molar-refractivity contribution in [3.8, 4) is 22.6 Å². The first-order valence-corrected chi connectivity index (χ1v) is 14.4. The van der Waals surface area contributed by atoms with E-state index >= 15 is 0 Å². The van der Waals surface area contributed by atoms with Crippen LogP contribution in [-0.4, -0.2) is 13.4 Å². The van der Waals surface area contributed by atoms with E-state index in [0.29, 0.717) is 0 Å². The summed E-state index contributed by atoms with van der Waals surface area (Å²) in [5, 5.41) is 17.3. The maximum Gasteiger partial charge on any atom is 0.416 e. The molecule has 228 valence electrons. The van der Waals surface area contributed by atoms with Gasteiger partial charge >= 0.3 is 53.6 Å². The third kappa shape index (κ3) is 13.2. The molecule has 0 spiro atoms. The van der Waals surface area contributed by atoms with Crippen molar-refractivity contribution in [3.63, 3.8) is 0 Å². The molecular weight excluding hydrogens is 658 g/mol. The molecule has 1 aliphatic carbocycles. The molecule has 5 aromatic rings.